The molecule has 14 N–H and O–H groups in total. The van der Waals surface area contributed by atoms with Gasteiger partial charge in [-0.3, -0.25) is 0 Å². The number of phenols is 1. The Morgan fingerprint density at radius 3 is 1.90 bits per heavy atom. The third kappa shape index (κ3) is 9.36. The van der Waals surface area contributed by atoms with Crippen molar-refractivity contribution < 1.29 is 109 Å². The number of benzene rings is 1. The summed E-state index contributed by atoms with van der Waals surface area (Å²) in [5, 5.41) is 146. The second-order valence-electron chi connectivity index (χ2n) is 14.5. The van der Waals surface area contributed by atoms with Gasteiger partial charge in [0.25, 0.3) is 0 Å². The lowest BCUT2D eigenvalue weighted by Crippen LogP contribution is -2.64. The van der Waals surface area contributed by atoms with Gasteiger partial charge in [-0.15, -0.1) is 0 Å². The Morgan fingerprint density at radius 2 is 1.28 bits per heavy atom. The fraction of sp³-hybridized carbons (Fsp3) is 0.526. The zero-order valence-corrected chi connectivity index (χ0v) is 31.5. The van der Waals surface area contributed by atoms with E-state index in [1.807, 2.05) is 0 Å². The quantitative estimate of drug-likeness (QED) is 0.0835. The summed E-state index contributed by atoms with van der Waals surface area (Å²) >= 11 is 0. The lowest BCUT2D eigenvalue weighted by molar-refractivity contribution is -0.357. The van der Waals surface area contributed by atoms with Crippen molar-refractivity contribution >= 4 is 5.76 Å². The molecule has 4 heterocycles. The van der Waals surface area contributed by atoms with Gasteiger partial charge in [-0.25, -0.2) is 0 Å². The molecule has 16 unspecified atom stereocenters. The summed E-state index contributed by atoms with van der Waals surface area (Å²) in [6, 6.07) is 3.62. The number of allylic oxidation sites excluding steroid dienone is 2. The van der Waals surface area contributed by atoms with E-state index < -0.39 is 130 Å². The van der Waals surface area contributed by atoms with Crippen LogP contribution in [0.5, 0.6) is 11.5 Å². The highest BCUT2D eigenvalue weighted by atomic mass is 16.7. The average Bonchev–Trinajstić information content (AvgIpc) is 3.20. The van der Waals surface area contributed by atoms with Gasteiger partial charge in [-0.05, 0) is 24.3 Å². The van der Waals surface area contributed by atoms with E-state index in [4.69, 9.17) is 37.9 Å². The molecule has 3 fully saturated rings. The molecule has 16 atom stereocenters. The first-order chi connectivity index (χ1) is 28.4. The van der Waals surface area contributed by atoms with Crippen LogP contribution in [-0.4, -0.2) is 190 Å². The fourth-order valence-electron chi connectivity index (χ4n) is 6.89. The van der Waals surface area contributed by atoms with Crippen molar-refractivity contribution in [2.24, 2.45) is 0 Å². The van der Waals surface area contributed by atoms with Gasteiger partial charge in [0.2, 0.25) is 12.6 Å². The van der Waals surface area contributed by atoms with Crippen molar-refractivity contribution in [2.45, 2.75) is 105 Å². The smallest absolute Gasteiger partial charge is 0.229 e. The number of phenolic OH excluding ortho intramolecular Hbond substituents is 1. The second kappa shape index (κ2) is 18.6. The minimum atomic E-state index is -2.00. The third-order valence-corrected chi connectivity index (χ3v) is 10.2. The van der Waals surface area contributed by atoms with Crippen LogP contribution in [0.2, 0.25) is 0 Å². The van der Waals surface area contributed by atoms with Crippen LogP contribution in [-0.2, 0) is 33.2 Å². The Kier molecular flexibility index (Phi) is 14.0. The molecule has 1 aromatic rings. The predicted octanol–water partition coefficient (Wildman–Crippen LogP) is -2.90. The highest BCUT2D eigenvalue weighted by molar-refractivity contribution is 5.70. The van der Waals surface area contributed by atoms with Crippen LogP contribution < -0.4 is 4.74 Å². The monoisotopic (exact) mass is 856 g/mol. The van der Waals surface area contributed by atoms with E-state index in [2.05, 4.69) is 13.2 Å². The largest absolute Gasteiger partial charge is 0.512 e. The standard InChI is InChI=1S/C38H48O22/c1-13(41)5-14(2)53-12-25-28(47)35(60-37-32(51)30(49)27(46)24(11-40)58-37)33(52)38(59-25)56-22-9-17-18(43)7-16(42)8-21(17)54-34(22)15-3-4-20(19(44)6-15)55-36-31(50)29(48)26(45)23(10-39)57-36/h3-4,6-9,21,23-33,35-52H,1-2,5,10-12H2. The van der Waals surface area contributed by atoms with Gasteiger partial charge in [0.1, 0.15) is 97.5 Å². The zero-order chi connectivity index (χ0) is 43.7. The number of fused-ring (bicyclic) bond motifs is 1. The molecule has 5 aliphatic rings. The Hall–Kier alpha value is -4.50. The lowest BCUT2D eigenvalue weighted by atomic mass is 9.96. The average molecular weight is 857 g/mol. The maximum absolute atomic E-state index is 11.6. The van der Waals surface area contributed by atoms with E-state index >= 15 is 0 Å². The molecule has 22 heteroatoms. The minimum Gasteiger partial charge on any atom is -0.512 e. The number of hydrogen-bond donors (Lipinski definition) is 14. The molecule has 1 aromatic carbocycles. The Labute approximate surface area is 340 Å². The highest BCUT2D eigenvalue weighted by Crippen LogP contribution is 2.41. The molecule has 0 bridgehead atoms. The molecular weight excluding hydrogens is 808 g/mol. The number of hydrogen-bond acceptors (Lipinski definition) is 22. The number of aliphatic hydroxyl groups excluding tert-OH is 13. The molecule has 4 aliphatic heterocycles. The van der Waals surface area contributed by atoms with E-state index in [0.717, 1.165) is 12.1 Å². The zero-order valence-electron chi connectivity index (χ0n) is 31.5. The van der Waals surface area contributed by atoms with E-state index in [1.165, 1.54) is 24.3 Å². The molecule has 0 radical (unpaired) electrons. The first kappa shape index (κ1) is 45.0. The molecule has 60 heavy (non-hydrogen) atoms. The van der Waals surface area contributed by atoms with Crippen LogP contribution in [0.4, 0.5) is 0 Å². The molecule has 3 saturated heterocycles. The summed E-state index contributed by atoms with van der Waals surface area (Å²) in [4.78, 5) is 0. The van der Waals surface area contributed by atoms with Gasteiger partial charge >= 0.3 is 0 Å². The summed E-state index contributed by atoms with van der Waals surface area (Å²) < 4.78 is 45.9. The Balaban J connectivity index is 1.33. The van der Waals surface area contributed by atoms with Crippen molar-refractivity contribution in [3.8, 4) is 11.5 Å². The summed E-state index contributed by atoms with van der Waals surface area (Å²) in [6.45, 7) is 4.95. The van der Waals surface area contributed by atoms with E-state index in [1.54, 1.807) is 0 Å². The minimum absolute atomic E-state index is 0.00983. The number of rotatable bonds is 14. The van der Waals surface area contributed by atoms with E-state index in [-0.39, 0.29) is 52.1 Å². The molecule has 332 valence electrons. The molecule has 0 spiro atoms. The lowest BCUT2D eigenvalue weighted by Gasteiger charge is -2.46. The van der Waals surface area contributed by atoms with Gasteiger partial charge in [0.15, 0.2) is 29.3 Å². The van der Waals surface area contributed by atoms with Gasteiger partial charge in [-0.1, -0.05) is 13.2 Å². The molecule has 0 amide bonds. The highest BCUT2D eigenvalue weighted by Gasteiger charge is 2.52. The van der Waals surface area contributed by atoms with Gasteiger partial charge < -0.3 is 109 Å². The molecule has 0 saturated carbocycles. The second-order valence-corrected chi connectivity index (χ2v) is 14.5. The normalized spacial score (nSPS) is 38.1. The molecule has 22 nitrogen and oxygen atoms in total. The van der Waals surface area contributed by atoms with Gasteiger partial charge in [-0.2, -0.15) is 0 Å². The van der Waals surface area contributed by atoms with Crippen LogP contribution in [0.1, 0.15) is 12.0 Å². The van der Waals surface area contributed by atoms with Crippen molar-refractivity contribution in [3.63, 3.8) is 0 Å². The van der Waals surface area contributed by atoms with Crippen molar-refractivity contribution in [3.05, 3.63) is 89.5 Å². The molecular formula is C38H48O22. The van der Waals surface area contributed by atoms with Gasteiger partial charge in [0, 0.05) is 23.3 Å². The molecule has 1 aliphatic carbocycles. The summed E-state index contributed by atoms with van der Waals surface area (Å²) in [7, 11) is 0. The maximum atomic E-state index is 11.6. The van der Waals surface area contributed by atoms with E-state index in [0.29, 0.717) is 0 Å². The van der Waals surface area contributed by atoms with Gasteiger partial charge in [0.05, 0.1) is 31.2 Å². The van der Waals surface area contributed by atoms with Crippen LogP contribution >= 0.6 is 0 Å². The van der Waals surface area contributed by atoms with Crippen molar-refractivity contribution in [1.29, 1.82) is 0 Å². The Morgan fingerprint density at radius 1 is 0.683 bits per heavy atom. The van der Waals surface area contributed by atoms with Crippen LogP contribution in [0.3, 0.4) is 0 Å². The summed E-state index contributed by atoms with van der Waals surface area (Å²) in [5.41, 5.74) is 0.0685. The van der Waals surface area contributed by atoms with Crippen LogP contribution in [0.15, 0.2) is 84.0 Å². The Bertz CT molecular complexity index is 1860. The fourth-order valence-corrected chi connectivity index (χ4v) is 6.89. The topological polar surface area (TPSA) is 357 Å². The number of aliphatic hydroxyl groups is 13. The first-order valence-corrected chi connectivity index (χ1v) is 18.5. The van der Waals surface area contributed by atoms with Crippen molar-refractivity contribution in [1.82, 2.24) is 0 Å². The first-order valence-electron chi connectivity index (χ1n) is 18.5. The molecule has 0 aromatic heterocycles. The summed E-state index contributed by atoms with van der Waals surface area (Å²) in [5.74, 6) is -2.55. The SMILES string of the molecule is C=C(O)CC(=C)OCC1OC(OC2=C(c3ccc(OC4OC(CO)C(O)C(O)C4O)c(O)c3)OC3C=C(O)C=C(O)C3=C2)C(O)C(OC2OC(CO)C(O)C(O)C2O)C1O. The molecule has 6 rings (SSSR count). The van der Waals surface area contributed by atoms with E-state index in [9.17, 15) is 71.5 Å². The van der Waals surface area contributed by atoms with Crippen molar-refractivity contribution in [2.75, 3.05) is 19.8 Å². The number of aromatic hydroxyl groups is 1. The maximum Gasteiger partial charge on any atom is 0.229 e. The predicted molar refractivity (Wildman–Crippen MR) is 196 cm³/mol. The van der Waals surface area contributed by atoms with Crippen LogP contribution in [0.25, 0.3) is 5.76 Å². The summed E-state index contributed by atoms with van der Waals surface area (Å²) in [6.07, 6.45) is -23.9. The van der Waals surface area contributed by atoms with Crippen LogP contribution in [0, 0.1) is 0 Å². The number of ether oxygens (including phenoxy) is 8. The third-order valence-electron chi connectivity index (χ3n) is 10.2.